The zero-order valence-electron chi connectivity index (χ0n) is 7.87. The minimum Gasteiger partial charge on any atom is -0.479 e. The quantitative estimate of drug-likeness (QED) is 0.762. The minimum absolute atomic E-state index is 0.0259. The highest BCUT2D eigenvalue weighted by Crippen LogP contribution is 2.28. The van der Waals surface area contributed by atoms with E-state index in [0.717, 1.165) is 0 Å². The van der Waals surface area contributed by atoms with Gasteiger partial charge in [-0.3, -0.25) is 0 Å². The third-order valence-corrected chi connectivity index (χ3v) is 2.10. The molecule has 0 aliphatic carbocycles. The van der Waals surface area contributed by atoms with Gasteiger partial charge in [-0.05, 0) is 6.92 Å². The number of carbonyl (C=O) groups excluding carboxylic acids is 1. The monoisotopic (exact) mass is 250 g/mol. The normalized spacial score (nSPS) is 9.80. The van der Waals surface area contributed by atoms with E-state index in [-0.39, 0.29) is 22.5 Å². The van der Waals surface area contributed by atoms with Crippen LogP contribution in [-0.2, 0) is 9.53 Å². The van der Waals surface area contributed by atoms with Crippen molar-refractivity contribution < 1.29 is 14.3 Å². The van der Waals surface area contributed by atoms with E-state index in [0.29, 0.717) is 6.61 Å². The van der Waals surface area contributed by atoms with Crippen LogP contribution in [0.2, 0.25) is 10.2 Å². The molecule has 0 saturated heterocycles. The van der Waals surface area contributed by atoms with Gasteiger partial charge >= 0.3 is 5.97 Å². The Bertz CT molecular complexity index is 360. The molecule has 0 spiro atoms. The van der Waals surface area contributed by atoms with E-state index in [4.69, 9.17) is 27.9 Å². The molecule has 0 aliphatic rings. The lowest BCUT2D eigenvalue weighted by Crippen LogP contribution is -2.14. The standard InChI is InChI=1S/C8H8Cl2N2O3/c1-2-14-6(13)4-15-5-3-11-12-8(10)7(5)9/h3H,2,4H2,1H3. The van der Waals surface area contributed by atoms with Crippen LogP contribution >= 0.6 is 23.2 Å². The number of hydrogen-bond acceptors (Lipinski definition) is 5. The predicted molar refractivity (Wildman–Crippen MR) is 54.2 cm³/mol. The molecule has 0 aromatic carbocycles. The van der Waals surface area contributed by atoms with E-state index in [2.05, 4.69) is 14.9 Å². The maximum absolute atomic E-state index is 11.0. The van der Waals surface area contributed by atoms with Crippen LogP contribution in [0.4, 0.5) is 0 Å². The molecule has 0 saturated carbocycles. The third kappa shape index (κ3) is 3.53. The highest BCUT2D eigenvalue weighted by Gasteiger charge is 2.10. The highest BCUT2D eigenvalue weighted by molar-refractivity contribution is 6.42. The lowest BCUT2D eigenvalue weighted by atomic mass is 10.5. The van der Waals surface area contributed by atoms with Gasteiger partial charge < -0.3 is 9.47 Å². The van der Waals surface area contributed by atoms with Crippen LogP contribution in [-0.4, -0.2) is 29.4 Å². The van der Waals surface area contributed by atoms with Gasteiger partial charge in [0.15, 0.2) is 17.5 Å². The molecule has 7 heteroatoms. The maximum Gasteiger partial charge on any atom is 0.344 e. The summed E-state index contributed by atoms with van der Waals surface area (Å²) >= 11 is 11.3. The summed E-state index contributed by atoms with van der Waals surface area (Å²) in [4.78, 5) is 11.0. The lowest BCUT2D eigenvalue weighted by molar-refractivity contribution is -0.145. The molecule has 0 fully saturated rings. The lowest BCUT2D eigenvalue weighted by Gasteiger charge is -2.06. The molecule has 0 radical (unpaired) electrons. The Kier molecular flexibility index (Phi) is 4.58. The average molecular weight is 251 g/mol. The van der Waals surface area contributed by atoms with Crippen molar-refractivity contribution in [2.24, 2.45) is 0 Å². The van der Waals surface area contributed by atoms with Crippen LogP contribution in [0.1, 0.15) is 6.92 Å². The highest BCUT2D eigenvalue weighted by atomic mass is 35.5. The van der Waals surface area contributed by atoms with Crippen molar-refractivity contribution in [2.75, 3.05) is 13.2 Å². The summed E-state index contributed by atoms with van der Waals surface area (Å²) < 4.78 is 9.70. The predicted octanol–water partition coefficient (Wildman–Crippen LogP) is 1.73. The van der Waals surface area contributed by atoms with Gasteiger partial charge in [-0.1, -0.05) is 23.2 Å². The molecule has 0 aliphatic heterocycles. The molecule has 0 amide bonds. The van der Waals surface area contributed by atoms with Gasteiger partial charge in [0, 0.05) is 0 Å². The summed E-state index contributed by atoms with van der Waals surface area (Å²) in [5.41, 5.74) is 0. The van der Waals surface area contributed by atoms with Gasteiger partial charge in [0.25, 0.3) is 0 Å². The first-order valence-electron chi connectivity index (χ1n) is 4.10. The molecule has 15 heavy (non-hydrogen) atoms. The fourth-order valence-corrected chi connectivity index (χ4v) is 1.05. The minimum atomic E-state index is -0.485. The van der Waals surface area contributed by atoms with E-state index in [9.17, 15) is 4.79 Å². The first-order valence-corrected chi connectivity index (χ1v) is 4.85. The Morgan fingerprint density at radius 2 is 2.27 bits per heavy atom. The van der Waals surface area contributed by atoms with Gasteiger partial charge in [-0.15, -0.1) is 5.10 Å². The number of carbonyl (C=O) groups is 1. The van der Waals surface area contributed by atoms with E-state index in [1.807, 2.05) is 0 Å². The second kappa shape index (κ2) is 5.72. The van der Waals surface area contributed by atoms with Gasteiger partial charge in [-0.25, -0.2) is 4.79 Å². The Hall–Kier alpha value is -1.07. The van der Waals surface area contributed by atoms with Gasteiger partial charge in [0.05, 0.1) is 12.8 Å². The SMILES string of the molecule is CCOC(=O)COc1cnnc(Cl)c1Cl. The molecule has 1 heterocycles. The zero-order chi connectivity index (χ0) is 11.3. The molecule has 0 atom stereocenters. The van der Waals surface area contributed by atoms with Crippen LogP contribution in [0, 0.1) is 0 Å². The molecule has 1 rings (SSSR count). The Labute approximate surface area is 96.3 Å². The fourth-order valence-electron chi connectivity index (χ4n) is 0.774. The first-order chi connectivity index (χ1) is 7.15. The number of halogens is 2. The maximum atomic E-state index is 11.0. The number of rotatable bonds is 4. The Balaban J connectivity index is 2.58. The van der Waals surface area contributed by atoms with Crippen LogP contribution in [0.25, 0.3) is 0 Å². The van der Waals surface area contributed by atoms with Crippen LogP contribution in [0.15, 0.2) is 6.20 Å². The van der Waals surface area contributed by atoms with Gasteiger partial charge in [-0.2, -0.15) is 5.10 Å². The zero-order valence-corrected chi connectivity index (χ0v) is 9.38. The van der Waals surface area contributed by atoms with Crippen molar-refractivity contribution in [3.8, 4) is 5.75 Å². The fraction of sp³-hybridized carbons (Fsp3) is 0.375. The molecular weight excluding hydrogens is 243 g/mol. The van der Waals surface area contributed by atoms with Crippen molar-refractivity contribution in [1.82, 2.24) is 10.2 Å². The molecule has 82 valence electrons. The van der Waals surface area contributed by atoms with E-state index in [1.165, 1.54) is 6.20 Å². The van der Waals surface area contributed by atoms with Crippen molar-refractivity contribution in [3.05, 3.63) is 16.4 Å². The third-order valence-electron chi connectivity index (χ3n) is 1.37. The number of esters is 1. The molecule has 1 aromatic heterocycles. The number of hydrogen-bond donors (Lipinski definition) is 0. The van der Waals surface area contributed by atoms with Crippen LogP contribution in [0.5, 0.6) is 5.75 Å². The molecule has 0 unspecified atom stereocenters. The smallest absolute Gasteiger partial charge is 0.344 e. The number of aromatic nitrogens is 2. The summed E-state index contributed by atoms with van der Waals surface area (Å²) in [5.74, 6) is -0.286. The second-order valence-corrected chi connectivity index (χ2v) is 3.14. The van der Waals surface area contributed by atoms with Crippen molar-refractivity contribution in [2.45, 2.75) is 6.92 Å². The van der Waals surface area contributed by atoms with Crippen molar-refractivity contribution in [1.29, 1.82) is 0 Å². The van der Waals surface area contributed by atoms with E-state index >= 15 is 0 Å². The van der Waals surface area contributed by atoms with Crippen molar-refractivity contribution in [3.63, 3.8) is 0 Å². The molecular formula is C8H8Cl2N2O3. The largest absolute Gasteiger partial charge is 0.479 e. The van der Waals surface area contributed by atoms with Crippen LogP contribution in [0.3, 0.4) is 0 Å². The van der Waals surface area contributed by atoms with Gasteiger partial charge in [0.2, 0.25) is 0 Å². The molecule has 0 N–H and O–H groups in total. The number of nitrogens with zero attached hydrogens (tertiary/aromatic N) is 2. The van der Waals surface area contributed by atoms with E-state index in [1.54, 1.807) is 6.92 Å². The summed E-state index contributed by atoms with van der Waals surface area (Å²) in [6.07, 6.45) is 1.27. The Morgan fingerprint density at radius 1 is 1.53 bits per heavy atom. The topological polar surface area (TPSA) is 61.3 Å². The van der Waals surface area contributed by atoms with Gasteiger partial charge in [0.1, 0.15) is 5.02 Å². The molecule has 1 aromatic rings. The first kappa shape index (κ1) is 12.0. The summed E-state index contributed by atoms with van der Waals surface area (Å²) in [6.45, 7) is 1.76. The summed E-state index contributed by atoms with van der Waals surface area (Å²) in [6, 6.07) is 0. The molecule has 5 nitrogen and oxygen atoms in total. The Morgan fingerprint density at radius 3 is 2.93 bits per heavy atom. The van der Waals surface area contributed by atoms with Crippen molar-refractivity contribution >= 4 is 29.2 Å². The second-order valence-electron chi connectivity index (χ2n) is 2.41. The molecule has 0 bridgehead atoms. The summed E-state index contributed by atoms with van der Waals surface area (Å²) in [5, 5.41) is 7.16. The van der Waals surface area contributed by atoms with Crippen LogP contribution < -0.4 is 4.74 Å². The average Bonchev–Trinajstić information content (AvgIpc) is 2.21. The van der Waals surface area contributed by atoms with E-state index < -0.39 is 5.97 Å². The summed E-state index contributed by atoms with van der Waals surface area (Å²) in [7, 11) is 0. The number of ether oxygens (including phenoxy) is 2.